The van der Waals surface area contributed by atoms with E-state index in [4.69, 9.17) is 0 Å². The van der Waals surface area contributed by atoms with Crippen molar-refractivity contribution in [3.63, 3.8) is 0 Å². The highest BCUT2D eigenvalue weighted by Gasteiger charge is 2.29. The molecule has 0 aromatic carbocycles. The van der Waals surface area contributed by atoms with Gasteiger partial charge in [-0.25, -0.2) is 13.4 Å². The van der Waals surface area contributed by atoms with Crippen LogP contribution in [-0.4, -0.2) is 34.8 Å². The van der Waals surface area contributed by atoms with Crippen LogP contribution in [0, 0.1) is 11.3 Å². The highest BCUT2D eigenvalue weighted by atomic mass is 32.2. The van der Waals surface area contributed by atoms with Crippen molar-refractivity contribution in [3.8, 4) is 6.07 Å². The number of hydrogen-bond donors (Lipinski definition) is 0. The maximum atomic E-state index is 12.8. The van der Waals surface area contributed by atoms with E-state index < -0.39 is 21.5 Å². The van der Waals surface area contributed by atoms with Crippen LogP contribution in [0.25, 0.3) is 5.52 Å². The van der Waals surface area contributed by atoms with Crippen LogP contribution < -0.4 is 0 Å². The summed E-state index contributed by atoms with van der Waals surface area (Å²) in [6.07, 6.45) is 4.02. The fourth-order valence-corrected chi connectivity index (χ4v) is 3.17. The van der Waals surface area contributed by atoms with Gasteiger partial charge in [-0.3, -0.25) is 14.2 Å². The summed E-state index contributed by atoms with van der Waals surface area (Å²) in [7, 11) is -3.64. The summed E-state index contributed by atoms with van der Waals surface area (Å²) in [6.45, 7) is 0. The number of sulfone groups is 1. The third-order valence-electron chi connectivity index (χ3n) is 3.46. The summed E-state index contributed by atoms with van der Waals surface area (Å²) in [5.41, 5.74) is 0.565. The van der Waals surface area contributed by atoms with E-state index in [1.165, 1.54) is 16.8 Å². The van der Waals surface area contributed by atoms with Crippen molar-refractivity contribution in [1.29, 1.82) is 5.26 Å². The Labute approximate surface area is 138 Å². The normalized spacial score (nSPS) is 12.7. The summed E-state index contributed by atoms with van der Waals surface area (Å²) in [4.78, 5) is 20.8. The molecule has 120 valence electrons. The molecule has 0 spiro atoms. The first-order chi connectivity index (χ1) is 11.4. The molecule has 1 atom stereocenters. The quantitative estimate of drug-likeness (QED) is 0.668. The van der Waals surface area contributed by atoms with Gasteiger partial charge in [0.25, 0.3) is 0 Å². The average molecular weight is 340 g/mol. The third kappa shape index (κ3) is 2.66. The molecule has 24 heavy (non-hydrogen) atoms. The Kier molecular flexibility index (Phi) is 3.87. The average Bonchev–Trinajstić information content (AvgIpc) is 2.96. The van der Waals surface area contributed by atoms with E-state index in [1.54, 1.807) is 36.4 Å². The second kappa shape index (κ2) is 5.86. The molecule has 7 nitrogen and oxygen atoms in total. The van der Waals surface area contributed by atoms with E-state index in [0.29, 0.717) is 11.2 Å². The zero-order chi connectivity index (χ0) is 17.3. The first kappa shape index (κ1) is 15.8. The van der Waals surface area contributed by atoms with Crippen molar-refractivity contribution in [3.05, 3.63) is 60.2 Å². The monoisotopic (exact) mass is 340 g/mol. The van der Waals surface area contributed by atoms with E-state index in [9.17, 15) is 18.5 Å². The molecule has 0 N–H and O–H groups in total. The zero-order valence-corrected chi connectivity index (χ0v) is 13.4. The first-order valence-electron chi connectivity index (χ1n) is 6.95. The van der Waals surface area contributed by atoms with Crippen LogP contribution in [0.1, 0.15) is 22.1 Å². The van der Waals surface area contributed by atoms with Crippen molar-refractivity contribution in [2.75, 3.05) is 6.26 Å². The first-order valence-corrected chi connectivity index (χ1v) is 8.84. The molecule has 0 aliphatic rings. The Hall–Kier alpha value is -3.05. The van der Waals surface area contributed by atoms with Crippen LogP contribution in [0.5, 0.6) is 0 Å². The molecule has 3 aromatic rings. The van der Waals surface area contributed by atoms with Crippen LogP contribution in [0.15, 0.2) is 53.9 Å². The van der Waals surface area contributed by atoms with Crippen LogP contribution in [0.3, 0.4) is 0 Å². The number of carbonyl (C=O) groups excluding carboxylic acids is 1. The number of fused-ring (bicyclic) bond motifs is 1. The number of nitrogens with zero attached hydrogens (tertiary/aromatic N) is 4. The Morgan fingerprint density at radius 1 is 1.25 bits per heavy atom. The Bertz CT molecular complexity index is 1070. The maximum Gasteiger partial charge on any atom is 0.232 e. The second-order valence-electron chi connectivity index (χ2n) is 5.15. The minimum Gasteiger partial charge on any atom is -0.290 e. The molecule has 0 saturated heterocycles. The van der Waals surface area contributed by atoms with E-state index in [1.807, 2.05) is 6.07 Å². The number of imidazole rings is 1. The van der Waals surface area contributed by atoms with Gasteiger partial charge >= 0.3 is 0 Å². The Balaban J connectivity index is 2.20. The van der Waals surface area contributed by atoms with E-state index in [0.717, 1.165) is 6.26 Å². The molecular formula is C16H12N4O3S. The topological polar surface area (TPSA) is 105 Å². The predicted octanol–water partition coefficient (Wildman–Crippen LogP) is 1.62. The highest BCUT2D eigenvalue weighted by Crippen LogP contribution is 2.23. The van der Waals surface area contributed by atoms with Gasteiger partial charge in [0.15, 0.2) is 5.92 Å². The molecule has 0 aliphatic carbocycles. The lowest BCUT2D eigenvalue weighted by Gasteiger charge is -2.05. The summed E-state index contributed by atoms with van der Waals surface area (Å²) < 4.78 is 25.2. The zero-order valence-electron chi connectivity index (χ0n) is 12.6. The van der Waals surface area contributed by atoms with Gasteiger partial charge in [0.05, 0.1) is 17.3 Å². The fraction of sp³-hybridized carbons (Fsp3) is 0.125. The summed E-state index contributed by atoms with van der Waals surface area (Å²) in [5.74, 6) is -1.74. The van der Waals surface area contributed by atoms with Crippen molar-refractivity contribution >= 4 is 21.1 Å². The summed E-state index contributed by atoms with van der Waals surface area (Å²) >= 11 is 0. The number of rotatable bonds is 4. The molecule has 8 heteroatoms. The molecule has 0 saturated carbocycles. The van der Waals surface area contributed by atoms with Crippen molar-refractivity contribution in [1.82, 2.24) is 14.4 Å². The molecule has 1 unspecified atom stereocenters. The summed E-state index contributed by atoms with van der Waals surface area (Å²) in [5, 5.41) is 9.15. The SMILES string of the molecule is CS(=O)(=O)c1nc(C(=O)C(C#N)c2ccccn2)c2ccccn12. The van der Waals surface area contributed by atoms with Crippen molar-refractivity contribution in [2.45, 2.75) is 11.1 Å². The molecular weight excluding hydrogens is 328 g/mol. The van der Waals surface area contributed by atoms with E-state index in [-0.39, 0.29) is 10.9 Å². The molecule has 3 rings (SSSR count). The molecule has 3 aromatic heterocycles. The number of Topliss-reactive ketones (excluding diaryl/α,β-unsaturated/α-hetero) is 1. The highest BCUT2D eigenvalue weighted by molar-refractivity contribution is 7.90. The molecule has 0 bridgehead atoms. The van der Waals surface area contributed by atoms with Gasteiger partial charge in [-0.1, -0.05) is 12.1 Å². The van der Waals surface area contributed by atoms with Crippen LogP contribution in [0.4, 0.5) is 0 Å². The van der Waals surface area contributed by atoms with E-state index in [2.05, 4.69) is 9.97 Å². The standard InChI is InChI=1S/C16H12N4O3S/c1-24(22,23)16-19-14(13-7-3-5-9-20(13)16)15(21)11(10-17)12-6-2-4-8-18-12/h2-9,11H,1H3. The maximum absolute atomic E-state index is 12.8. The van der Waals surface area contributed by atoms with Gasteiger partial charge in [-0.2, -0.15) is 5.26 Å². The molecule has 3 heterocycles. The molecule has 0 radical (unpaired) electrons. The lowest BCUT2D eigenvalue weighted by atomic mass is 9.98. The van der Waals surface area contributed by atoms with Gasteiger partial charge < -0.3 is 0 Å². The lowest BCUT2D eigenvalue weighted by molar-refractivity contribution is 0.0974. The van der Waals surface area contributed by atoms with Crippen molar-refractivity contribution in [2.24, 2.45) is 0 Å². The van der Waals surface area contributed by atoms with Gasteiger partial charge in [0.1, 0.15) is 5.69 Å². The van der Waals surface area contributed by atoms with Crippen LogP contribution in [0.2, 0.25) is 0 Å². The molecule has 0 amide bonds. The number of carbonyl (C=O) groups is 1. The second-order valence-corrected chi connectivity index (χ2v) is 7.06. The summed E-state index contributed by atoms with van der Waals surface area (Å²) in [6, 6.07) is 11.7. The number of aromatic nitrogens is 3. The minimum atomic E-state index is -3.64. The van der Waals surface area contributed by atoms with E-state index >= 15 is 0 Å². The molecule has 0 aliphatic heterocycles. The Morgan fingerprint density at radius 3 is 2.62 bits per heavy atom. The van der Waals surface area contributed by atoms with Crippen molar-refractivity contribution < 1.29 is 13.2 Å². The minimum absolute atomic E-state index is 0.0618. The lowest BCUT2D eigenvalue weighted by Crippen LogP contribution is -2.13. The fourth-order valence-electron chi connectivity index (χ4n) is 2.40. The van der Waals surface area contributed by atoms with Gasteiger partial charge in [0, 0.05) is 18.6 Å². The number of ketones is 1. The number of pyridine rings is 2. The van der Waals surface area contributed by atoms with Crippen LogP contribution >= 0.6 is 0 Å². The smallest absolute Gasteiger partial charge is 0.232 e. The third-order valence-corrected chi connectivity index (χ3v) is 4.41. The van der Waals surface area contributed by atoms with Gasteiger partial charge in [-0.05, 0) is 24.3 Å². The number of nitriles is 1. The van der Waals surface area contributed by atoms with Gasteiger partial charge in [0.2, 0.25) is 20.8 Å². The van der Waals surface area contributed by atoms with Crippen LogP contribution in [-0.2, 0) is 9.84 Å². The Morgan fingerprint density at radius 2 is 2.00 bits per heavy atom. The largest absolute Gasteiger partial charge is 0.290 e. The predicted molar refractivity (Wildman–Crippen MR) is 85.2 cm³/mol. The molecule has 0 fully saturated rings. The van der Waals surface area contributed by atoms with Gasteiger partial charge in [-0.15, -0.1) is 0 Å². The number of hydrogen-bond acceptors (Lipinski definition) is 6.